The van der Waals surface area contributed by atoms with E-state index in [1.807, 2.05) is 54.6 Å². The number of aryl methyl sites for hydroxylation is 4. The summed E-state index contributed by atoms with van der Waals surface area (Å²) in [6, 6.07) is 26.9. The highest BCUT2D eigenvalue weighted by Crippen LogP contribution is 2.46. The summed E-state index contributed by atoms with van der Waals surface area (Å²) in [7, 11) is 0. The molecule has 8 heterocycles. The van der Waals surface area contributed by atoms with Crippen LogP contribution in [0.1, 0.15) is 124 Å². The number of hydrogen-bond donors (Lipinski definition) is 4. The van der Waals surface area contributed by atoms with Gasteiger partial charge in [0.2, 0.25) is 11.8 Å². The molecular weight excluding hydrogens is 879 g/mol. The molecule has 0 aliphatic carbocycles. The molecule has 0 fully saturated rings. The first kappa shape index (κ1) is 46.9. The molecule has 2 aromatic carbocycles. The predicted octanol–water partition coefficient (Wildman–Crippen LogP) is 14.3. The number of aromatic nitrogens is 5. The van der Waals surface area contributed by atoms with Gasteiger partial charge in [0.05, 0.1) is 45.2 Å². The molecule has 0 radical (unpaired) electrons. The minimum absolute atomic E-state index is 0.0413. The second-order valence-corrected chi connectivity index (χ2v) is 20.0. The molecule has 11 heteroatoms. The van der Waals surface area contributed by atoms with E-state index in [-0.39, 0.29) is 11.8 Å². The highest BCUT2D eigenvalue weighted by Gasteiger charge is 2.27. The van der Waals surface area contributed by atoms with E-state index < -0.39 is 0 Å². The molecule has 0 saturated carbocycles. The van der Waals surface area contributed by atoms with E-state index in [2.05, 4.69) is 100 Å². The van der Waals surface area contributed by atoms with Gasteiger partial charge in [-0.05, 0) is 134 Å². The topological polar surface area (TPSA) is 128 Å². The Bertz CT molecular complexity index is 3020. The number of pyridine rings is 1. The zero-order chi connectivity index (χ0) is 47.6. The van der Waals surface area contributed by atoms with Gasteiger partial charge in [-0.25, -0.2) is 9.97 Å². The molecule has 6 aromatic rings. The number of H-pyrrole nitrogens is 2. The molecule has 2 amide bonds. The van der Waals surface area contributed by atoms with Crippen LogP contribution < -0.4 is 10.6 Å². The molecule has 12 bridgehead atoms. The zero-order valence-corrected chi connectivity index (χ0v) is 42.2. The number of carbonyl (C=O) groups is 2. The van der Waals surface area contributed by atoms with Gasteiger partial charge in [0.15, 0.2) is 0 Å². The van der Waals surface area contributed by atoms with E-state index in [9.17, 15) is 9.59 Å². The number of para-hydroxylation sites is 2. The van der Waals surface area contributed by atoms with Crippen molar-refractivity contribution in [2.75, 3.05) is 22.1 Å². The fourth-order valence-electron chi connectivity index (χ4n) is 10.3. The van der Waals surface area contributed by atoms with Crippen LogP contribution >= 0.6 is 23.5 Å². The van der Waals surface area contributed by atoms with Gasteiger partial charge >= 0.3 is 0 Å². The lowest BCUT2D eigenvalue weighted by Crippen LogP contribution is -2.13. The number of nitrogens with one attached hydrogen (secondary N) is 4. The lowest BCUT2D eigenvalue weighted by Gasteiger charge is -2.14. The molecular formula is C57H61N7O2S2. The Morgan fingerprint density at radius 3 is 1.37 bits per heavy atom. The van der Waals surface area contributed by atoms with Gasteiger partial charge in [-0.2, -0.15) is 23.5 Å². The van der Waals surface area contributed by atoms with Crippen molar-refractivity contribution in [3.8, 4) is 22.3 Å². The molecule has 10 rings (SSSR count). The summed E-state index contributed by atoms with van der Waals surface area (Å²) in [6.45, 7) is 17.6. The molecule has 4 N–H and O–H groups in total. The van der Waals surface area contributed by atoms with Crippen molar-refractivity contribution in [1.82, 2.24) is 24.9 Å². The van der Waals surface area contributed by atoms with Gasteiger partial charge in [-0.3, -0.25) is 14.6 Å². The Hall–Kier alpha value is -6.17. The fourth-order valence-corrected chi connectivity index (χ4v) is 11.9. The smallest absolute Gasteiger partial charge is 0.225 e. The largest absolute Gasteiger partial charge is 0.354 e. The SMILES string of the molecule is CCC1=C(C)c2nc1cc1[nH]c(c(C)c1CC)c1c3nc(cc4[nH]c(c(C)c4CC)c2-c2ccccc2NC(=O)CCSCc2cccc(n2)CSCCC(=O)Nc2ccccc2-1)C(CC)=C3C. The van der Waals surface area contributed by atoms with Crippen molar-refractivity contribution >= 4 is 91.1 Å². The Kier molecular flexibility index (Phi) is 13.9. The van der Waals surface area contributed by atoms with E-state index >= 15 is 0 Å². The van der Waals surface area contributed by atoms with Crippen LogP contribution in [0.3, 0.4) is 0 Å². The molecule has 4 aliphatic heterocycles. The first-order valence-corrected chi connectivity index (χ1v) is 26.4. The molecule has 0 unspecified atom stereocenters. The van der Waals surface area contributed by atoms with Crippen LogP contribution in [-0.4, -0.2) is 48.2 Å². The third-order valence-corrected chi connectivity index (χ3v) is 15.7. The van der Waals surface area contributed by atoms with Crippen molar-refractivity contribution in [3.05, 3.63) is 135 Å². The number of rotatable bonds is 4. The van der Waals surface area contributed by atoms with Gasteiger partial charge in [0.1, 0.15) is 0 Å². The normalized spacial score (nSPS) is 15.0. The maximum Gasteiger partial charge on any atom is 0.225 e. The molecule has 4 aliphatic rings. The van der Waals surface area contributed by atoms with Gasteiger partial charge in [0.25, 0.3) is 0 Å². The number of amides is 2. The summed E-state index contributed by atoms with van der Waals surface area (Å²) in [6.07, 6.45) is 3.87. The second kappa shape index (κ2) is 20.2. The average molecular weight is 940 g/mol. The van der Waals surface area contributed by atoms with E-state index in [1.165, 1.54) is 22.3 Å². The Balaban J connectivity index is 1.39. The van der Waals surface area contributed by atoms with Gasteiger partial charge < -0.3 is 20.6 Å². The number of aromatic amines is 2. The highest BCUT2D eigenvalue weighted by atomic mass is 32.2. The summed E-state index contributed by atoms with van der Waals surface area (Å²) >= 11 is 3.41. The summed E-state index contributed by atoms with van der Waals surface area (Å²) in [5.74, 6) is 2.63. The van der Waals surface area contributed by atoms with E-state index in [1.54, 1.807) is 23.5 Å². The molecule has 0 saturated heterocycles. The number of benzene rings is 2. The average Bonchev–Trinajstić information content (AvgIpc) is 4.03. The molecule has 68 heavy (non-hydrogen) atoms. The summed E-state index contributed by atoms with van der Waals surface area (Å²) < 4.78 is 0. The number of carbonyl (C=O) groups excluding carboxylic acids is 2. The van der Waals surface area contributed by atoms with Crippen LogP contribution in [0.4, 0.5) is 11.4 Å². The van der Waals surface area contributed by atoms with Gasteiger partial charge in [0, 0.05) is 80.5 Å². The third-order valence-electron chi connectivity index (χ3n) is 13.7. The van der Waals surface area contributed by atoms with E-state index in [0.29, 0.717) is 35.9 Å². The number of thioether (sulfide) groups is 2. The third kappa shape index (κ3) is 8.98. The van der Waals surface area contributed by atoms with E-state index in [0.717, 1.165) is 138 Å². The maximum atomic E-state index is 13.9. The number of hydrogen-bond acceptors (Lipinski definition) is 7. The first-order chi connectivity index (χ1) is 33.0. The molecule has 9 nitrogen and oxygen atoms in total. The van der Waals surface area contributed by atoms with Gasteiger partial charge in [-0.15, -0.1) is 0 Å². The van der Waals surface area contributed by atoms with Crippen molar-refractivity contribution in [3.63, 3.8) is 0 Å². The Labute approximate surface area is 408 Å². The Morgan fingerprint density at radius 1 is 0.529 bits per heavy atom. The van der Waals surface area contributed by atoms with Crippen LogP contribution in [0, 0.1) is 13.8 Å². The van der Waals surface area contributed by atoms with Crippen molar-refractivity contribution < 1.29 is 9.59 Å². The minimum Gasteiger partial charge on any atom is -0.354 e. The second-order valence-electron chi connectivity index (χ2n) is 17.8. The number of fused-ring (bicyclic) bond motifs is 10. The van der Waals surface area contributed by atoms with Crippen LogP contribution in [0.2, 0.25) is 0 Å². The first-order valence-electron chi connectivity index (χ1n) is 24.1. The monoisotopic (exact) mass is 939 g/mol. The molecule has 0 spiro atoms. The molecule has 4 aromatic heterocycles. The van der Waals surface area contributed by atoms with E-state index in [4.69, 9.17) is 15.0 Å². The predicted molar refractivity (Wildman–Crippen MR) is 289 cm³/mol. The quantitative estimate of drug-likeness (QED) is 0.139. The lowest BCUT2D eigenvalue weighted by molar-refractivity contribution is -0.116. The number of anilines is 2. The zero-order valence-electron chi connectivity index (χ0n) is 40.6. The lowest BCUT2D eigenvalue weighted by atomic mass is 9.94. The number of nitrogens with zero attached hydrogens (tertiary/aromatic N) is 3. The minimum atomic E-state index is -0.0413. The van der Waals surface area contributed by atoms with Crippen LogP contribution in [0.15, 0.2) is 78.9 Å². The molecule has 0 atom stereocenters. The molecule has 348 valence electrons. The highest BCUT2D eigenvalue weighted by molar-refractivity contribution is 7.98. The van der Waals surface area contributed by atoms with Crippen molar-refractivity contribution in [2.24, 2.45) is 0 Å². The van der Waals surface area contributed by atoms with Crippen LogP contribution in [0.5, 0.6) is 0 Å². The van der Waals surface area contributed by atoms with Crippen molar-refractivity contribution in [1.29, 1.82) is 0 Å². The standard InChI is InChI=1S/C57H61N7O2S2/c1-9-38-32(5)54-52-42-20-13-15-22-44(42)59-50(65)24-26-67-30-36-18-17-19-37(58-36)31-68-27-25-51(66)60-45-23-16-14-21-43(45)53(56-33(6)39(10-2)47(62-56)28-46(38)61-54)57-35(8)41(12-4)49(64-57)29-48-40(11-3)34(7)55(52)63-48/h13-23,28-29,61,64H,9-12,24-27,30-31H2,1-8H3,(H,59,65)(H,60,66). The fraction of sp³-hybridized carbons (Fsp3) is 0.316. The summed E-state index contributed by atoms with van der Waals surface area (Å²) in [4.78, 5) is 51.9. The number of allylic oxidation sites excluding steroid dienone is 4. The maximum absolute atomic E-state index is 13.9. The van der Waals surface area contributed by atoms with Crippen LogP contribution in [0.25, 0.3) is 66.6 Å². The summed E-state index contributed by atoms with van der Waals surface area (Å²) in [5, 5.41) is 6.68. The van der Waals surface area contributed by atoms with Crippen molar-refractivity contribution in [2.45, 2.75) is 105 Å². The van der Waals surface area contributed by atoms with Gasteiger partial charge in [-0.1, -0.05) is 70.2 Å². The van der Waals surface area contributed by atoms with Crippen LogP contribution in [-0.2, 0) is 33.9 Å². The Morgan fingerprint density at radius 2 is 0.956 bits per heavy atom. The summed E-state index contributed by atoms with van der Waals surface area (Å²) in [5.41, 5.74) is 24.0.